The number of hydrogen-bond acceptors (Lipinski definition) is 2. The van der Waals surface area contributed by atoms with Crippen molar-refractivity contribution in [3.63, 3.8) is 0 Å². The fraction of sp³-hybridized carbons (Fsp3) is 0.368. The van der Waals surface area contributed by atoms with Gasteiger partial charge in [-0.05, 0) is 37.8 Å². The third kappa shape index (κ3) is 2.05. The highest BCUT2D eigenvalue weighted by atomic mass is 16.2. The van der Waals surface area contributed by atoms with Gasteiger partial charge >= 0.3 is 0 Å². The van der Waals surface area contributed by atoms with Gasteiger partial charge in [0.25, 0.3) is 5.91 Å². The van der Waals surface area contributed by atoms with Crippen LogP contribution in [0.25, 0.3) is 21.8 Å². The summed E-state index contributed by atoms with van der Waals surface area (Å²) in [4.78, 5) is 19.4. The van der Waals surface area contributed by atoms with Crippen molar-refractivity contribution in [1.82, 2.24) is 14.5 Å². The van der Waals surface area contributed by atoms with E-state index in [0.29, 0.717) is 0 Å². The number of carbonyl (C=O) groups excluding carboxylic acids is 1. The van der Waals surface area contributed by atoms with E-state index in [4.69, 9.17) is 0 Å². The molecule has 0 N–H and O–H groups in total. The second kappa shape index (κ2) is 5.37. The maximum absolute atomic E-state index is 13.0. The van der Waals surface area contributed by atoms with E-state index >= 15 is 0 Å². The highest BCUT2D eigenvalue weighted by Crippen LogP contribution is 2.33. The molecular weight excluding hydrogens is 286 g/mol. The standard InChI is InChI=1S/C19H21N3O/c1-3-22-17-15(10-9-13-7-6-11-20-16(13)17)14-8-4-5-12-21(2)19(23)18(14)22/h6-7,9-11H,3-5,8,12H2,1-2H3. The van der Waals surface area contributed by atoms with Crippen molar-refractivity contribution >= 4 is 27.7 Å². The SMILES string of the molecule is CCn1c2c(c3ccc4cccnc4c31)CCCCN(C)C2=O. The number of carbonyl (C=O) groups is 1. The zero-order valence-corrected chi connectivity index (χ0v) is 13.7. The summed E-state index contributed by atoms with van der Waals surface area (Å²) >= 11 is 0. The van der Waals surface area contributed by atoms with Crippen molar-refractivity contribution in [2.24, 2.45) is 0 Å². The molecule has 0 fully saturated rings. The molecule has 1 amide bonds. The molecule has 3 aromatic rings. The Labute approximate surface area is 135 Å². The molecule has 0 saturated carbocycles. The van der Waals surface area contributed by atoms with E-state index < -0.39 is 0 Å². The Morgan fingerprint density at radius 2 is 2.09 bits per heavy atom. The van der Waals surface area contributed by atoms with Crippen molar-refractivity contribution in [2.45, 2.75) is 32.7 Å². The van der Waals surface area contributed by atoms with Crippen molar-refractivity contribution in [3.05, 3.63) is 41.7 Å². The first-order chi connectivity index (χ1) is 11.2. The normalized spacial score (nSPS) is 15.7. The summed E-state index contributed by atoms with van der Waals surface area (Å²) in [5, 5.41) is 2.32. The smallest absolute Gasteiger partial charge is 0.270 e. The molecule has 1 aliphatic heterocycles. The van der Waals surface area contributed by atoms with Crippen LogP contribution in [0, 0.1) is 0 Å². The van der Waals surface area contributed by atoms with Crippen molar-refractivity contribution in [3.8, 4) is 0 Å². The van der Waals surface area contributed by atoms with Gasteiger partial charge < -0.3 is 9.47 Å². The van der Waals surface area contributed by atoms with Crippen LogP contribution in [0.2, 0.25) is 0 Å². The van der Waals surface area contributed by atoms with Gasteiger partial charge in [0.1, 0.15) is 5.69 Å². The van der Waals surface area contributed by atoms with Crippen LogP contribution in [0.4, 0.5) is 0 Å². The Morgan fingerprint density at radius 3 is 2.91 bits per heavy atom. The topological polar surface area (TPSA) is 38.1 Å². The summed E-state index contributed by atoms with van der Waals surface area (Å²) in [7, 11) is 1.91. The fourth-order valence-electron chi connectivity index (χ4n) is 3.80. The van der Waals surface area contributed by atoms with Crippen LogP contribution in [-0.4, -0.2) is 34.0 Å². The molecule has 4 rings (SSSR count). The summed E-state index contributed by atoms with van der Waals surface area (Å²) < 4.78 is 2.17. The number of aromatic nitrogens is 2. The Balaban J connectivity index is 2.14. The van der Waals surface area contributed by atoms with Gasteiger partial charge in [-0.1, -0.05) is 18.2 Å². The molecule has 0 radical (unpaired) electrons. The van der Waals surface area contributed by atoms with E-state index in [1.807, 2.05) is 24.2 Å². The Kier molecular flexibility index (Phi) is 3.33. The lowest BCUT2D eigenvalue weighted by molar-refractivity contribution is 0.0777. The van der Waals surface area contributed by atoms with Gasteiger partial charge in [0.05, 0.1) is 11.0 Å². The maximum atomic E-state index is 13.0. The molecule has 1 aliphatic rings. The molecule has 0 bridgehead atoms. The molecule has 4 nitrogen and oxygen atoms in total. The average molecular weight is 307 g/mol. The van der Waals surface area contributed by atoms with Gasteiger partial charge in [-0.15, -0.1) is 0 Å². The van der Waals surface area contributed by atoms with E-state index in [0.717, 1.165) is 54.5 Å². The number of pyridine rings is 1. The number of hydrogen-bond donors (Lipinski definition) is 0. The number of aryl methyl sites for hydroxylation is 2. The van der Waals surface area contributed by atoms with Gasteiger partial charge in [-0.3, -0.25) is 9.78 Å². The summed E-state index contributed by atoms with van der Waals surface area (Å²) in [6, 6.07) is 8.33. The lowest BCUT2D eigenvalue weighted by atomic mass is 10.0. The van der Waals surface area contributed by atoms with Gasteiger partial charge in [0.15, 0.2) is 0 Å². The van der Waals surface area contributed by atoms with Gasteiger partial charge in [-0.2, -0.15) is 0 Å². The summed E-state index contributed by atoms with van der Waals surface area (Å²) in [5.41, 5.74) is 4.17. The lowest BCUT2D eigenvalue weighted by Crippen LogP contribution is -2.31. The molecule has 0 saturated heterocycles. The molecular formula is C19H21N3O. The monoisotopic (exact) mass is 307 g/mol. The Hall–Kier alpha value is -2.36. The van der Waals surface area contributed by atoms with Crippen LogP contribution in [-0.2, 0) is 13.0 Å². The highest BCUT2D eigenvalue weighted by molar-refractivity contribution is 6.10. The minimum Gasteiger partial charge on any atom is -0.340 e. The second-order valence-corrected chi connectivity index (χ2v) is 6.29. The third-order valence-corrected chi connectivity index (χ3v) is 4.93. The third-order valence-electron chi connectivity index (χ3n) is 4.93. The fourth-order valence-corrected chi connectivity index (χ4v) is 3.80. The first-order valence-corrected chi connectivity index (χ1v) is 8.36. The van der Waals surface area contributed by atoms with Crippen molar-refractivity contribution in [2.75, 3.05) is 13.6 Å². The zero-order chi connectivity index (χ0) is 16.0. The van der Waals surface area contributed by atoms with E-state index in [1.54, 1.807) is 0 Å². The number of fused-ring (bicyclic) bond motifs is 5. The van der Waals surface area contributed by atoms with Crippen LogP contribution >= 0.6 is 0 Å². The number of nitrogens with zero attached hydrogens (tertiary/aromatic N) is 3. The number of amides is 1. The molecule has 0 aliphatic carbocycles. The predicted molar refractivity (Wildman–Crippen MR) is 92.8 cm³/mol. The molecule has 118 valence electrons. The van der Waals surface area contributed by atoms with Crippen LogP contribution in [0.5, 0.6) is 0 Å². The van der Waals surface area contributed by atoms with Crippen LogP contribution < -0.4 is 0 Å². The minimum atomic E-state index is 0.141. The zero-order valence-electron chi connectivity index (χ0n) is 13.7. The summed E-state index contributed by atoms with van der Waals surface area (Å²) in [6.07, 6.45) is 4.98. The van der Waals surface area contributed by atoms with Gasteiger partial charge in [0.2, 0.25) is 0 Å². The molecule has 0 unspecified atom stereocenters. The van der Waals surface area contributed by atoms with E-state index in [9.17, 15) is 4.79 Å². The largest absolute Gasteiger partial charge is 0.340 e. The summed E-state index contributed by atoms with van der Waals surface area (Å²) in [6.45, 7) is 3.72. The van der Waals surface area contributed by atoms with Crippen LogP contribution in [0.3, 0.4) is 0 Å². The van der Waals surface area contributed by atoms with E-state index in [-0.39, 0.29) is 5.91 Å². The molecule has 2 aromatic heterocycles. The highest BCUT2D eigenvalue weighted by Gasteiger charge is 2.26. The molecule has 4 heteroatoms. The maximum Gasteiger partial charge on any atom is 0.270 e. The van der Waals surface area contributed by atoms with E-state index in [1.165, 1.54) is 10.9 Å². The van der Waals surface area contributed by atoms with Gasteiger partial charge in [-0.25, -0.2) is 0 Å². The molecule has 1 aromatic carbocycles. The first kappa shape index (κ1) is 14.2. The lowest BCUT2D eigenvalue weighted by Gasteiger charge is -2.22. The number of rotatable bonds is 1. The Morgan fingerprint density at radius 1 is 1.22 bits per heavy atom. The number of benzene rings is 1. The second-order valence-electron chi connectivity index (χ2n) is 6.29. The van der Waals surface area contributed by atoms with Crippen molar-refractivity contribution < 1.29 is 4.79 Å². The van der Waals surface area contributed by atoms with Crippen molar-refractivity contribution in [1.29, 1.82) is 0 Å². The van der Waals surface area contributed by atoms with Gasteiger partial charge in [0, 0.05) is 37.1 Å². The molecule has 3 heterocycles. The Bertz CT molecular complexity index is 910. The molecule has 23 heavy (non-hydrogen) atoms. The predicted octanol–water partition coefficient (Wildman–Crippen LogP) is 3.62. The van der Waals surface area contributed by atoms with Crippen LogP contribution in [0.15, 0.2) is 30.5 Å². The molecule has 0 atom stereocenters. The minimum absolute atomic E-state index is 0.141. The van der Waals surface area contributed by atoms with E-state index in [2.05, 4.69) is 34.7 Å². The van der Waals surface area contributed by atoms with Crippen LogP contribution in [0.1, 0.15) is 35.8 Å². The quantitative estimate of drug-likeness (QED) is 0.688. The summed E-state index contributed by atoms with van der Waals surface area (Å²) in [5.74, 6) is 0.141. The average Bonchev–Trinajstić information content (AvgIpc) is 2.90. The molecule has 0 spiro atoms. The first-order valence-electron chi connectivity index (χ1n) is 8.36.